The first kappa shape index (κ1) is 21.9. The number of nitrogens with zero attached hydrogens (tertiary/aromatic N) is 2. The van der Waals surface area contributed by atoms with E-state index < -0.39 is 15.8 Å². The summed E-state index contributed by atoms with van der Waals surface area (Å²) in [5.41, 5.74) is 1.37. The third kappa shape index (κ3) is 5.63. The number of benzene rings is 2. The maximum Gasteiger partial charge on any atom is 0.288 e. The lowest BCUT2D eigenvalue weighted by molar-refractivity contribution is 0.101. The van der Waals surface area contributed by atoms with Gasteiger partial charge in [0.15, 0.2) is 5.78 Å². The molecule has 0 spiro atoms. The van der Waals surface area contributed by atoms with Crippen LogP contribution in [0.1, 0.15) is 22.8 Å². The molecule has 9 heteroatoms. The van der Waals surface area contributed by atoms with Crippen molar-refractivity contribution < 1.29 is 22.0 Å². The van der Waals surface area contributed by atoms with Crippen molar-refractivity contribution in [2.75, 3.05) is 26.2 Å². The van der Waals surface area contributed by atoms with Crippen LogP contribution in [0.2, 0.25) is 0 Å². The first-order valence-electron chi connectivity index (χ1n) is 9.13. The first-order chi connectivity index (χ1) is 13.8. The highest BCUT2D eigenvalue weighted by molar-refractivity contribution is 7.99. The second kappa shape index (κ2) is 9.34. The molecule has 0 saturated carbocycles. The van der Waals surface area contributed by atoms with Gasteiger partial charge in [-0.2, -0.15) is 13.1 Å². The number of ketones is 1. The highest BCUT2D eigenvalue weighted by atomic mass is 32.2. The van der Waals surface area contributed by atoms with E-state index in [0.717, 1.165) is 5.56 Å². The number of hydrogen-bond donors (Lipinski definition) is 0. The van der Waals surface area contributed by atoms with Crippen LogP contribution in [0.25, 0.3) is 0 Å². The van der Waals surface area contributed by atoms with E-state index in [2.05, 4.69) is 4.90 Å². The number of halogens is 2. The third-order valence-electron chi connectivity index (χ3n) is 4.76. The molecule has 0 unspecified atom stereocenters. The topological polar surface area (TPSA) is 57.7 Å². The molecule has 3 rings (SSSR count). The molecule has 1 saturated heterocycles. The van der Waals surface area contributed by atoms with Gasteiger partial charge in [-0.05, 0) is 36.8 Å². The molecule has 0 aliphatic carbocycles. The second-order valence-corrected chi connectivity index (χ2v) is 9.79. The highest BCUT2D eigenvalue weighted by Crippen LogP contribution is 2.25. The Bertz CT molecular complexity index is 958. The number of hydrogen-bond acceptors (Lipinski definition) is 5. The molecule has 29 heavy (non-hydrogen) atoms. The van der Waals surface area contributed by atoms with Gasteiger partial charge in [-0.15, -0.1) is 0 Å². The van der Waals surface area contributed by atoms with Crippen molar-refractivity contribution >= 4 is 27.6 Å². The fourth-order valence-electron chi connectivity index (χ4n) is 3.19. The first-order valence-corrected chi connectivity index (χ1v) is 11.4. The maximum atomic E-state index is 12.9. The van der Waals surface area contributed by atoms with E-state index in [-0.39, 0.29) is 10.7 Å². The molecular weight excluding hydrogens is 418 g/mol. The van der Waals surface area contributed by atoms with E-state index in [1.807, 2.05) is 12.1 Å². The lowest BCUT2D eigenvalue weighted by Gasteiger charge is -2.34. The molecule has 0 aromatic heterocycles. The second-order valence-electron chi connectivity index (χ2n) is 6.79. The number of sulfonamides is 1. The Morgan fingerprint density at radius 1 is 1.07 bits per heavy atom. The van der Waals surface area contributed by atoms with Crippen molar-refractivity contribution in [3.8, 4) is 0 Å². The quantitative estimate of drug-likeness (QED) is 0.485. The fourth-order valence-corrected chi connectivity index (χ4v) is 5.15. The Labute approximate surface area is 173 Å². The van der Waals surface area contributed by atoms with Crippen LogP contribution in [0.15, 0.2) is 58.3 Å². The minimum atomic E-state index is -3.65. The standard InChI is InChI=1S/C20H22F2N2O3S2/c1-15(25)17-3-2-4-19(13-17)29(26,27)24-11-9-23(10-12-24)14-16-5-7-18(8-6-16)28-20(21)22/h2-8,13,20H,9-12,14H2,1H3. The molecule has 0 radical (unpaired) electrons. The largest absolute Gasteiger partial charge is 0.296 e. The zero-order valence-corrected chi connectivity index (χ0v) is 17.6. The zero-order valence-electron chi connectivity index (χ0n) is 15.9. The predicted octanol–water partition coefficient (Wildman–Crippen LogP) is 3.71. The van der Waals surface area contributed by atoms with E-state index in [9.17, 15) is 22.0 Å². The summed E-state index contributed by atoms with van der Waals surface area (Å²) < 4.78 is 52.0. The van der Waals surface area contributed by atoms with E-state index >= 15 is 0 Å². The average molecular weight is 441 g/mol. The van der Waals surface area contributed by atoms with Crippen LogP contribution < -0.4 is 0 Å². The fraction of sp³-hybridized carbons (Fsp3) is 0.350. The molecule has 0 bridgehead atoms. The summed E-state index contributed by atoms with van der Waals surface area (Å²) in [5, 5.41) is 0. The van der Waals surface area contributed by atoms with Crippen LogP contribution in [-0.2, 0) is 16.6 Å². The van der Waals surface area contributed by atoms with E-state index in [1.165, 1.54) is 23.4 Å². The molecule has 2 aromatic rings. The van der Waals surface area contributed by atoms with Crippen molar-refractivity contribution in [3.63, 3.8) is 0 Å². The van der Waals surface area contributed by atoms with Gasteiger partial charge in [0.25, 0.3) is 5.76 Å². The SMILES string of the molecule is CC(=O)c1cccc(S(=O)(=O)N2CCN(Cc3ccc(SC(F)F)cc3)CC2)c1. The number of piperazine rings is 1. The smallest absolute Gasteiger partial charge is 0.288 e. The van der Waals surface area contributed by atoms with E-state index in [4.69, 9.17) is 0 Å². The number of rotatable bonds is 7. The molecule has 2 aromatic carbocycles. The summed E-state index contributed by atoms with van der Waals surface area (Å²) in [6.45, 7) is 3.88. The predicted molar refractivity (Wildman–Crippen MR) is 109 cm³/mol. The summed E-state index contributed by atoms with van der Waals surface area (Å²) in [6, 6.07) is 13.1. The summed E-state index contributed by atoms with van der Waals surface area (Å²) in [5.74, 6) is -2.61. The molecule has 1 aliphatic rings. The lowest BCUT2D eigenvalue weighted by atomic mass is 10.2. The summed E-state index contributed by atoms with van der Waals surface area (Å²) >= 11 is 0.515. The van der Waals surface area contributed by atoms with Crippen molar-refractivity contribution in [1.29, 1.82) is 0 Å². The van der Waals surface area contributed by atoms with Crippen LogP contribution in [0.5, 0.6) is 0 Å². The van der Waals surface area contributed by atoms with E-state index in [1.54, 1.807) is 24.3 Å². The monoisotopic (exact) mass is 440 g/mol. The number of alkyl halides is 2. The maximum absolute atomic E-state index is 12.9. The van der Waals surface area contributed by atoms with Gasteiger partial charge in [0.1, 0.15) is 0 Å². The Kier molecular flexibility index (Phi) is 7.05. The molecule has 0 atom stereocenters. The van der Waals surface area contributed by atoms with Gasteiger partial charge >= 0.3 is 0 Å². The van der Waals surface area contributed by atoms with Crippen LogP contribution in [0, 0.1) is 0 Å². The zero-order chi connectivity index (χ0) is 21.0. The minimum Gasteiger partial charge on any atom is -0.296 e. The summed E-state index contributed by atoms with van der Waals surface area (Å²) in [7, 11) is -3.65. The molecule has 1 heterocycles. The number of thioether (sulfide) groups is 1. The average Bonchev–Trinajstić information content (AvgIpc) is 2.69. The summed E-state index contributed by atoms with van der Waals surface area (Å²) in [4.78, 5) is 14.3. The lowest BCUT2D eigenvalue weighted by Crippen LogP contribution is -2.48. The molecule has 0 N–H and O–H groups in total. The number of carbonyl (C=O) groups is 1. The van der Waals surface area contributed by atoms with Gasteiger partial charge in [0.2, 0.25) is 10.0 Å². The van der Waals surface area contributed by atoms with Gasteiger partial charge in [-0.25, -0.2) is 8.42 Å². The van der Waals surface area contributed by atoms with Crippen molar-refractivity contribution in [2.45, 2.75) is 29.0 Å². The summed E-state index contributed by atoms with van der Waals surface area (Å²) in [6.07, 6.45) is 0. The molecule has 5 nitrogen and oxygen atoms in total. The highest BCUT2D eigenvalue weighted by Gasteiger charge is 2.28. The van der Waals surface area contributed by atoms with Gasteiger partial charge in [-0.3, -0.25) is 9.69 Å². The Morgan fingerprint density at radius 3 is 2.31 bits per heavy atom. The van der Waals surface area contributed by atoms with Gasteiger partial charge in [-0.1, -0.05) is 36.0 Å². The number of carbonyl (C=O) groups excluding carboxylic acids is 1. The van der Waals surface area contributed by atoms with Crippen LogP contribution in [0.3, 0.4) is 0 Å². The van der Waals surface area contributed by atoms with Crippen molar-refractivity contribution in [1.82, 2.24) is 9.21 Å². The van der Waals surface area contributed by atoms with E-state index in [0.29, 0.717) is 54.9 Å². The van der Waals surface area contributed by atoms with Gasteiger partial charge in [0.05, 0.1) is 4.90 Å². The van der Waals surface area contributed by atoms with Crippen LogP contribution in [-0.4, -0.2) is 55.3 Å². The van der Waals surface area contributed by atoms with Crippen LogP contribution >= 0.6 is 11.8 Å². The third-order valence-corrected chi connectivity index (χ3v) is 7.38. The van der Waals surface area contributed by atoms with Crippen molar-refractivity contribution in [2.24, 2.45) is 0 Å². The van der Waals surface area contributed by atoms with Crippen LogP contribution in [0.4, 0.5) is 8.78 Å². The molecule has 0 amide bonds. The Morgan fingerprint density at radius 2 is 1.72 bits per heavy atom. The Hall–Kier alpha value is -1.81. The number of Topliss-reactive ketones (excluding diaryl/α,β-unsaturated/α-hetero) is 1. The van der Waals surface area contributed by atoms with Gasteiger partial charge < -0.3 is 0 Å². The molecular formula is C20H22F2N2O3S2. The molecule has 1 aliphatic heterocycles. The minimum absolute atomic E-state index is 0.130. The Balaban J connectivity index is 1.60. The molecule has 156 valence electrons. The molecule has 1 fully saturated rings. The van der Waals surface area contributed by atoms with Gasteiger partial charge in [0, 0.05) is 43.2 Å². The normalized spacial score (nSPS) is 16.3. The van der Waals surface area contributed by atoms with Crippen molar-refractivity contribution in [3.05, 3.63) is 59.7 Å².